The normalized spacial score (nSPS) is 11.2. The fourth-order valence-corrected chi connectivity index (χ4v) is 2.66. The molecule has 0 heterocycles. The van der Waals surface area contributed by atoms with Crippen molar-refractivity contribution in [3.63, 3.8) is 0 Å². The molecule has 0 bridgehead atoms. The second-order valence-electron chi connectivity index (χ2n) is 8.30. The lowest BCUT2D eigenvalue weighted by molar-refractivity contribution is -0.122. The van der Waals surface area contributed by atoms with E-state index in [2.05, 4.69) is 19.1 Å². The molecule has 2 nitrogen and oxygen atoms in total. The van der Waals surface area contributed by atoms with E-state index in [1.54, 1.807) is 0 Å². The molecule has 0 saturated carbocycles. The number of ketones is 1. The SMILES string of the molecule is CCCCCCCC/C=C\CCCCCCCC(=O)C(C)C.CN(C)C. The number of hydrogen-bond acceptors (Lipinski definition) is 2. The quantitative estimate of drug-likeness (QED) is 0.209. The first kappa shape index (κ1) is 27.6. The summed E-state index contributed by atoms with van der Waals surface area (Å²) in [5.41, 5.74) is 0. The lowest BCUT2D eigenvalue weighted by Gasteiger charge is -2.03. The smallest absolute Gasteiger partial charge is 0.135 e. The highest BCUT2D eigenvalue weighted by molar-refractivity contribution is 5.80. The van der Waals surface area contributed by atoms with Gasteiger partial charge in [0.05, 0.1) is 0 Å². The van der Waals surface area contributed by atoms with E-state index in [1.165, 1.54) is 77.0 Å². The summed E-state index contributed by atoms with van der Waals surface area (Å²) in [7, 11) is 6.00. The molecule has 0 saturated heterocycles. The summed E-state index contributed by atoms with van der Waals surface area (Å²) in [4.78, 5) is 13.5. The van der Waals surface area contributed by atoms with Gasteiger partial charge in [0, 0.05) is 12.3 Å². The Morgan fingerprint density at radius 3 is 1.54 bits per heavy atom. The average Bonchev–Trinajstić information content (AvgIpc) is 2.57. The van der Waals surface area contributed by atoms with E-state index in [-0.39, 0.29) is 5.92 Å². The molecule has 0 aliphatic heterocycles. The van der Waals surface area contributed by atoms with Gasteiger partial charge in [-0.3, -0.25) is 4.79 Å². The summed E-state index contributed by atoms with van der Waals surface area (Å²) in [5.74, 6) is 0.648. The lowest BCUT2D eigenvalue weighted by Crippen LogP contribution is -2.05. The van der Waals surface area contributed by atoms with Crippen molar-refractivity contribution in [3.05, 3.63) is 12.2 Å². The molecular weight excluding hydrogens is 318 g/mol. The van der Waals surface area contributed by atoms with E-state index >= 15 is 0 Å². The Hall–Kier alpha value is -0.630. The molecular formula is C24H49NO. The van der Waals surface area contributed by atoms with Crippen LogP contribution in [0.25, 0.3) is 0 Å². The van der Waals surface area contributed by atoms with Gasteiger partial charge < -0.3 is 4.90 Å². The molecule has 156 valence electrons. The number of rotatable bonds is 16. The van der Waals surface area contributed by atoms with Gasteiger partial charge in [-0.1, -0.05) is 84.3 Å². The first-order valence-corrected chi connectivity index (χ1v) is 11.2. The first-order chi connectivity index (χ1) is 12.4. The summed E-state index contributed by atoms with van der Waals surface area (Å²) in [6, 6.07) is 0. The molecule has 0 N–H and O–H groups in total. The van der Waals surface area contributed by atoms with Gasteiger partial charge in [0.25, 0.3) is 0 Å². The predicted molar refractivity (Wildman–Crippen MR) is 119 cm³/mol. The Bertz CT molecular complexity index is 305. The topological polar surface area (TPSA) is 20.3 Å². The highest BCUT2D eigenvalue weighted by Crippen LogP contribution is 2.11. The number of allylic oxidation sites excluding steroid dienone is 2. The molecule has 0 aromatic rings. The van der Waals surface area contributed by atoms with Crippen LogP contribution in [0.1, 0.15) is 111 Å². The van der Waals surface area contributed by atoms with Crippen LogP contribution in [0.2, 0.25) is 0 Å². The number of Topliss-reactive ketones (excluding diaryl/α,β-unsaturated/α-hetero) is 1. The number of carbonyl (C=O) groups is 1. The minimum atomic E-state index is 0.219. The van der Waals surface area contributed by atoms with Gasteiger partial charge in [-0.05, 0) is 53.2 Å². The molecule has 0 aliphatic carbocycles. The van der Waals surface area contributed by atoms with Gasteiger partial charge in [-0.15, -0.1) is 0 Å². The second-order valence-corrected chi connectivity index (χ2v) is 8.30. The summed E-state index contributed by atoms with van der Waals surface area (Å²) in [6.45, 7) is 6.27. The van der Waals surface area contributed by atoms with Crippen LogP contribution in [-0.4, -0.2) is 31.8 Å². The van der Waals surface area contributed by atoms with Gasteiger partial charge in [0.2, 0.25) is 0 Å². The highest BCUT2D eigenvalue weighted by Gasteiger charge is 2.05. The third-order valence-electron chi connectivity index (χ3n) is 4.33. The number of unbranched alkanes of at least 4 members (excludes halogenated alkanes) is 11. The fraction of sp³-hybridized carbons (Fsp3) is 0.875. The lowest BCUT2D eigenvalue weighted by atomic mass is 10.0. The molecule has 0 rings (SSSR count). The van der Waals surface area contributed by atoms with Crippen molar-refractivity contribution in [1.82, 2.24) is 4.90 Å². The Balaban J connectivity index is 0. The van der Waals surface area contributed by atoms with Crippen LogP contribution < -0.4 is 0 Å². The van der Waals surface area contributed by atoms with Crippen LogP contribution in [0.15, 0.2) is 12.2 Å². The van der Waals surface area contributed by atoms with Gasteiger partial charge in [0.15, 0.2) is 0 Å². The molecule has 0 radical (unpaired) electrons. The largest absolute Gasteiger partial charge is 0.312 e. The predicted octanol–water partition coefficient (Wildman–Crippen LogP) is 7.43. The van der Waals surface area contributed by atoms with Crippen LogP contribution >= 0.6 is 0 Å². The third kappa shape index (κ3) is 28.2. The van der Waals surface area contributed by atoms with E-state index in [1.807, 2.05) is 39.9 Å². The third-order valence-corrected chi connectivity index (χ3v) is 4.33. The van der Waals surface area contributed by atoms with Crippen molar-refractivity contribution in [2.24, 2.45) is 5.92 Å². The van der Waals surface area contributed by atoms with E-state index in [9.17, 15) is 4.79 Å². The molecule has 0 aliphatic rings. The monoisotopic (exact) mass is 367 g/mol. The summed E-state index contributed by atoms with van der Waals surface area (Å²) in [5, 5.41) is 0. The Kier molecular flexibility index (Phi) is 23.8. The fourth-order valence-electron chi connectivity index (χ4n) is 2.66. The zero-order chi connectivity index (χ0) is 20.0. The van der Waals surface area contributed by atoms with Gasteiger partial charge in [-0.2, -0.15) is 0 Å². The van der Waals surface area contributed by atoms with Crippen molar-refractivity contribution in [3.8, 4) is 0 Å². The second kappa shape index (κ2) is 22.4. The Morgan fingerprint density at radius 1 is 0.731 bits per heavy atom. The van der Waals surface area contributed by atoms with Gasteiger partial charge >= 0.3 is 0 Å². The average molecular weight is 368 g/mol. The van der Waals surface area contributed by atoms with Crippen molar-refractivity contribution in [2.45, 2.75) is 111 Å². The van der Waals surface area contributed by atoms with Crippen LogP contribution in [0.3, 0.4) is 0 Å². The molecule has 2 heteroatoms. The standard InChI is InChI=1S/C21H40O.C3H9N/c1-4-5-6-7-8-9-10-11-12-13-14-15-16-17-18-19-21(22)20(2)3;1-4(2)3/h11-12,20H,4-10,13-19H2,1-3H3;1-3H3/b12-11-;. The van der Waals surface area contributed by atoms with Crippen LogP contribution in [0.5, 0.6) is 0 Å². The Labute approximate surface area is 165 Å². The molecule has 0 spiro atoms. The zero-order valence-electron chi connectivity index (χ0n) is 19.0. The van der Waals surface area contributed by atoms with E-state index in [0.29, 0.717) is 5.78 Å². The number of nitrogens with zero attached hydrogens (tertiary/aromatic N) is 1. The van der Waals surface area contributed by atoms with E-state index < -0.39 is 0 Å². The minimum absolute atomic E-state index is 0.219. The van der Waals surface area contributed by atoms with Crippen molar-refractivity contribution in [2.75, 3.05) is 21.1 Å². The van der Waals surface area contributed by atoms with Crippen LogP contribution in [-0.2, 0) is 4.79 Å². The molecule has 0 aromatic heterocycles. The van der Waals surface area contributed by atoms with Gasteiger partial charge in [0.1, 0.15) is 5.78 Å². The first-order valence-electron chi connectivity index (χ1n) is 11.2. The van der Waals surface area contributed by atoms with Crippen molar-refractivity contribution in [1.29, 1.82) is 0 Å². The molecule has 0 amide bonds. The maximum atomic E-state index is 11.5. The number of carbonyl (C=O) groups excluding carboxylic acids is 1. The number of hydrogen-bond donors (Lipinski definition) is 0. The van der Waals surface area contributed by atoms with Crippen LogP contribution in [0, 0.1) is 5.92 Å². The zero-order valence-corrected chi connectivity index (χ0v) is 19.0. The summed E-state index contributed by atoms with van der Waals surface area (Å²) < 4.78 is 0. The van der Waals surface area contributed by atoms with Crippen LogP contribution in [0.4, 0.5) is 0 Å². The Morgan fingerprint density at radius 2 is 1.12 bits per heavy atom. The summed E-state index contributed by atoms with van der Waals surface area (Å²) in [6.07, 6.45) is 22.6. The minimum Gasteiger partial charge on any atom is -0.312 e. The van der Waals surface area contributed by atoms with Gasteiger partial charge in [-0.25, -0.2) is 0 Å². The maximum absolute atomic E-state index is 11.5. The summed E-state index contributed by atoms with van der Waals surface area (Å²) >= 11 is 0. The molecule has 0 unspecified atom stereocenters. The van der Waals surface area contributed by atoms with Crippen molar-refractivity contribution < 1.29 is 4.79 Å². The van der Waals surface area contributed by atoms with E-state index in [4.69, 9.17) is 0 Å². The highest BCUT2D eigenvalue weighted by atomic mass is 16.1. The molecule has 0 atom stereocenters. The maximum Gasteiger partial charge on any atom is 0.135 e. The van der Waals surface area contributed by atoms with Crippen molar-refractivity contribution >= 4 is 5.78 Å². The molecule has 0 aromatic carbocycles. The van der Waals surface area contributed by atoms with E-state index in [0.717, 1.165) is 12.8 Å². The molecule has 26 heavy (non-hydrogen) atoms. The molecule has 0 fully saturated rings.